The van der Waals surface area contributed by atoms with Crippen LogP contribution in [-0.4, -0.2) is 52.3 Å². The van der Waals surface area contributed by atoms with Gasteiger partial charge in [0, 0.05) is 17.4 Å². The molecule has 170 valence electrons. The van der Waals surface area contributed by atoms with Gasteiger partial charge in [0.25, 0.3) is 0 Å². The van der Waals surface area contributed by atoms with E-state index in [4.69, 9.17) is 14.5 Å². The third-order valence-corrected chi connectivity index (χ3v) is 6.76. The number of pyridine rings is 1. The molecule has 0 aromatic carbocycles. The maximum atomic E-state index is 11.6. The molecule has 0 amide bonds. The van der Waals surface area contributed by atoms with Crippen LogP contribution in [-0.2, 0) is 33.5 Å². The summed E-state index contributed by atoms with van der Waals surface area (Å²) < 4.78 is 12.8. The number of rotatable bonds is 8. The Kier molecular flexibility index (Phi) is 7.61. The molecule has 1 aliphatic heterocycles. The van der Waals surface area contributed by atoms with Crippen molar-refractivity contribution in [3.8, 4) is 11.4 Å². The zero-order chi connectivity index (χ0) is 22.6. The summed E-state index contributed by atoms with van der Waals surface area (Å²) in [6.07, 6.45) is 4.38. The highest BCUT2D eigenvalue weighted by Gasteiger charge is 2.28. The predicted molar refractivity (Wildman–Crippen MR) is 120 cm³/mol. The third kappa shape index (κ3) is 5.78. The molecular formula is C22H34N4O4Si. The number of carbonyl (C=O) groups is 1. The minimum atomic E-state index is -1.42. The Bertz CT molecular complexity index is 909. The molecule has 2 aromatic rings. The van der Waals surface area contributed by atoms with Crippen molar-refractivity contribution >= 4 is 14.0 Å². The quantitative estimate of drug-likeness (QED) is 0.490. The van der Waals surface area contributed by atoms with E-state index in [0.717, 1.165) is 43.1 Å². The first-order valence-electron chi connectivity index (χ1n) is 11.0. The van der Waals surface area contributed by atoms with Gasteiger partial charge in [-0.05, 0) is 31.7 Å². The molecule has 0 spiro atoms. The lowest BCUT2D eigenvalue weighted by atomic mass is 9.95. The minimum absolute atomic E-state index is 0.0835. The first-order valence-corrected chi connectivity index (χ1v) is 14.7. The third-order valence-electron chi connectivity index (χ3n) is 5.52. The van der Waals surface area contributed by atoms with Crippen molar-refractivity contribution in [2.24, 2.45) is 0 Å². The number of carbonyl (C=O) groups excluding carboxylic acids is 1. The van der Waals surface area contributed by atoms with Gasteiger partial charge in [0.15, 0.2) is 0 Å². The van der Waals surface area contributed by atoms with E-state index >= 15 is 0 Å². The van der Waals surface area contributed by atoms with Gasteiger partial charge in [-0.3, -0.25) is 9.78 Å². The summed E-state index contributed by atoms with van der Waals surface area (Å²) in [6.45, 7) is 8.72. The van der Waals surface area contributed by atoms with E-state index in [0.29, 0.717) is 17.1 Å². The number of hydrogen-bond donors (Lipinski definition) is 1. The Morgan fingerprint density at radius 2 is 2.10 bits per heavy atom. The van der Waals surface area contributed by atoms with Crippen molar-refractivity contribution in [2.45, 2.75) is 83.7 Å². The van der Waals surface area contributed by atoms with Crippen molar-refractivity contribution in [3.63, 3.8) is 0 Å². The SMILES string of the molecule is CCc1nc(-c2nnn(C[Si](C)(C)C)c2CO)ccc1C1CCCC(CC(=O)OC)O1. The normalized spacial score (nSPS) is 19.4. The molecule has 31 heavy (non-hydrogen) atoms. The van der Waals surface area contributed by atoms with E-state index in [1.165, 1.54) is 7.11 Å². The first kappa shape index (κ1) is 23.6. The van der Waals surface area contributed by atoms with Crippen LogP contribution in [0.2, 0.25) is 19.6 Å². The average Bonchev–Trinajstić information content (AvgIpc) is 3.14. The zero-order valence-electron chi connectivity index (χ0n) is 19.2. The highest BCUT2D eigenvalue weighted by molar-refractivity contribution is 6.74. The van der Waals surface area contributed by atoms with Crippen LogP contribution in [0.1, 0.15) is 55.7 Å². The van der Waals surface area contributed by atoms with E-state index in [9.17, 15) is 9.90 Å². The van der Waals surface area contributed by atoms with Crippen LogP contribution in [0.4, 0.5) is 0 Å². The van der Waals surface area contributed by atoms with Crippen LogP contribution < -0.4 is 0 Å². The van der Waals surface area contributed by atoms with Gasteiger partial charge in [0.05, 0.1) is 51.8 Å². The van der Waals surface area contributed by atoms with Gasteiger partial charge in [-0.25, -0.2) is 4.68 Å². The van der Waals surface area contributed by atoms with Crippen LogP contribution >= 0.6 is 0 Å². The number of aliphatic hydroxyl groups excluding tert-OH is 1. The van der Waals surface area contributed by atoms with Crippen molar-refractivity contribution < 1.29 is 19.4 Å². The number of aromatic nitrogens is 4. The number of aryl methyl sites for hydroxylation is 1. The van der Waals surface area contributed by atoms with E-state index in [1.807, 2.05) is 16.8 Å². The number of esters is 1. The Labute approximate surface area is 185 Å². The fraction of sp³-hybridized carbons (Fsp3) is 0.636. The van der Waals surface area contributed by atoms with E-state index in [-0.39, 0.29) is 31.2 Å². The highest BCUT2D eigenvalue weighted by atomic mass is 28.3. The minimum Gasteiger partial charge on any atom is -0.469 e. The van der Waals surface area contributed by atoms with E-state index in [1.54, 1.807) is 0 Å². The average molecular weight is 447 g/mol. The second kappa shape index (κ2) is 10.0. The van der Waals surface area contributed by atoms with Crippen molar-refractivity contribution in [3.05, 3.63) is 29.1 Å². The number of hydrogen-bond acceptors (Lipinski definition) is 7. The summed E-state index contributed by atoms with van der Waals surface area (Å²) in [6, 6.07) is 3.98. The van der Waals surface area contributed by atoms with Gasteiger partial charge in [0.1, 0.15) is 5.69 Å². The van der Waals surface area contributed by atoms with Gasteiger partial charge < -0.3 is 14.6 Å². The van der Waals surface area contributed by atoms with Crippen LogP contribution in [0.5, 0.6) is 0 Å². The summed E-state index contributed by atoms with van der Waals surface area (Å²) >= 11 is 0. The topological polar surface area (TPSA) is 99.4 Å². The lowest BCUT2D eigenvalue weighted by molar-refractivity contribution is -0.147. The molecule has 1 saturated heterocycles. The number of nitrogens with zero attached hydrogens (tertiary/aromatic N) is 4. The molecule has 0 radical (unpaired) electrons. The fourth-order valence-corrected chi connectivity index (χ4v) is 5.19. The van der Waals surface area contributed by atoms with E-state index < -0.39 is 8.07 Å². The Balaban J connectivity index is 1.86. The Hall–Kier alpha value is -2.10. The molecule has 0 aliphatic carbocycles. The summed E-state index contributed by atoms with van der Waals surface area (Å²) in [7, 11) is -0.0207. The molecule has 1 fully saturated rings. The van der Waals surface area contributed by atoms with Gasteiger partial charge in [-0.1, -0.05) is 37.8 Å². The lowest BCUT2D eigenvalue weighted by Gasteiger charge is -2.30. The molecule has 0 bridgehead atoms. The maximum absolute atomic E-state index is 11.6. The summed E-state index contributed by atoms with van der Waals surface area (Å²) in [5.74, 6) is -0.243. The van der Waals surface area contributed by atoms with Gasteiger partial charge in [-0.15, -0.1) is 5.10 Å². The lowest BCUT2D eigenvalue weighted by Crippen LogP contribution is -2.29. The van der Waals surface area contributed by atoms with Crippen molar-refractivity contribution in [2.75, 3.05) is 7.11 Å². The molecule has 1 N–H and O–H groups in total. The largest absolute Gasteiger partial charge is 0.469 e. The molecule has 2 atom stereocenters. The molecule has 8 nitrogen and oxygen atoms in total. The first-order chi connectivity index (χ1) is 14.8. The number of aliphatic hydroxyl groups is 1. The monoisotopic (exact) mass is 446 g/mol. The summed E-state index contributed by atoms with van der Waals surface area (Å²) in [5, 5.41) is 18.6. The summed E-state index contributed by atoms with van der Waals surface area (Å²) in [5.41, 5.74) is 4.06. The van der Waals surface area contributed by atoms with Gasteiger partial charge >= 0.3 is 5.97 Å². The smallest absolute Gasteiger partial charge is 0.308 e. The number of ether oxygens (including phenoxy) is 2. The zero-order valence-corrected chi connectivity index (χ0v) is 20.2. The molecule has 9 heteroatoms. The Morgan fingerprint density at radius 1 is 1.32 bits per heavy atom. The number of methoxy groups -OCH3 is 1. The molecule has 0 saturated carbocycles. The fourth-order valence-electron chi connectivity index (χ4n) is 4.03. The molecule has 1 aliphatic rings. The second-order valence-corrected chi connectivity index (χ2v) is 14.7. The standard InChI is InChI=1S/C22H34N4O4Si/c1-6-17-16(20-9-7-8-15(30-20)12-21(28)29-2)10-11-18(23-17)22-19(13-27)26(25-24-22)14-31(3,4)5/h10-11,15,20,27H,6-9,12-14H2,1-5H3. The summed E-state index contributed by atoms with van der Waals surface area (Å²) in [4.78, 5) is 16.5. The van der Waals surface area contributed by atoms with Crippen LogP contribution in [0.3, 0.4) is 0 Å². The molecule has 2 unspecified atom stereocenters. The molecule has 2 aromatic heterocycles. The molecule has 3 rings (SSSR count). The van der Waals surface area contributed by atoms with Crippen molar-refractivity contribution in [1.82, 2.24) is 20.0 Å². The predicted octanol–water partition coefficient (Wildman–Crippen LogP) is 3.45. The van der Waals surface area contributed by atoms with Crippen LogP contribution in [0, 0.1) is 0 Å². The molecular weight excluding hydrogens is 412 g/mol. The van der Waals surface area contributed by atoms with Crippen LogP contribution in [0.15, 0.2) is 12.1 Å². The Morgan fingerprint density at radius 3 is 2.74 bits per heavy atom. The van der Waals surface area contributed by atoms with Crippen LogP contribution in [0.25, 0.3) is 11.4 Å². The highest BCUT2D eigenvalue weighted by Crippen LogP contribution is 2.35. The van der Waals surface area contributed by atoms with Gasteiger partial charge in [-0.2, -0.15) is 0 Å². The maximum Gasteiger partial charge on any atom is 0.308 e. The molecule has 3 heterocycles. The second-order valence-electron chi connectivity index (χ2n) is 9.31. The van der Waals surface area contributed by atoms with Crippen molar-refractivity contribution in [1.29, 1.82) is 0 Å². The van der Waals surface area contributed by atoms with E-state index in [2.05, 4.69) is 36.9 Å². The van der Waals surface area contributed by atoms with Gasteiger partial charge in [0.2, 0.25) is 0 Å².